The van der Waals surface area contributed by atoms with Crippen LogP contribution >= 0.6 is 0 Å². The summed E-state index contributed by atoms with van der Waals surface area (Å²) in [5.74, 6) is -1.96. The number of aromatic nitrogens is 1. The van der Waals surface area contributed by atoms with E-state index < -0.39 is 17.6 Å². The van der Waals surface area contributed by atoms with Crippen LogP contribution in [0.5, 0.6) is 0 Å². The highest BCUT2D eigenvalue weighted by Crippen LogP contribution is 2.20. The Morgan fingerprint density at radius 2 is 1.90 bits per heavy atom. The Hall–Kier alpha value is -2.69. The van der Waals surface area contributed by atoms with Crippen LogP contribution in [0.2, 0.25) is 0 Å². The van der Waals surface area contributed by atoms with E-state index in [0.29, 0.717) is 0 Å². The van der Waals surface area contributed by atoms with E-state index in [0.717, 1.165) is 29.1 Å². The minimum absolute atomic E-state index is 0.180. The highest BCUT2D eigenvalue weighted by atomic mass is 19.1. The van der Waals surface area contributed by atoms with Crippen molar-refractivity contribution in [3.8, 4) is 0 Å². The Kier molecular flexibility index (Phi) is 3.17. The first-order chi connectivity index (χ1) is 10.0. The first kappa shape index (κ1) is 13.3. The van der Waals surface area contributed by atoms with Gasteiger partial charge in [0.05, 0.1) is 12.1 Å². The van der Waals surface area contributed by atoms with Gasteiger partial charge in [-0.25, -0.2) is 13.6 Å². The Morgan fingerprint density at radius 1 is 1.10 bits per heavy atom. The second kappa shape index (κ2) is 5.01. The number of carboxylic acids is 1. The lowest BCUT2D eigenvalue weighted by molar-refractivity contribution is 0.0697. The normalized spacial score (nSPS) is 11.0. The Morgan fingerprint density at radius 3 is 2.67 bits per heavy atom. The minimum Gasteiger partial charge on any atom is -0.478 e. The number of carbonyl (C=O) groups is 1. The fourth-order valence-electron chi connectivity index (χ4n) is 2.32. The van der Waals surface area contributed by atoms with E-state index in [9.17, 15) is 13.6 Å². The van der Waals surface area contributed by atoms with Crippen molar-refractivity contribution >= 4 is 16.9 Å². The fraction of sp³-hybridized carbons (Fsp3) is 0.0625. The zero-order valence-corrected chi connectivity index (χ0v) is 10.9. The van der Waals surface area contributed by atoms with Crippen LogP contribution in [0.4, 0.5) is 8.78 Å². The van der Waals surface area contributed by atoms with Crippen LogP contribution in [0, 0.1) is 11.6 Å². The van der Waals surface area contributed by atoms with Crippen LogP contribution in [0.3, 0.4) is 0 Å². The number of benzene rings is 2. The van der Waals surface area contributed by atoms with Crippen molar-refractivity contribution in [3.63, 3.8) is 0 Å². The highest BCUT2D eigenvalue weighted by Gasteiger charge is 2.09. The van der Waals surface area contributed by atoms with Gasteiger partial charge in [-0.3, -0.25) is 0 Å². The van der Waals surface area contributed by atoms with Gasteiger partial charge in [-0.05, 0) is 42.5 Å². The van der Waals surface area contributed by atoms with Gasteiger partial charge in [0.25, 0.3) is 0 Å². The van der Waals surface area contributed by atoms with E-state index in [1.54, 1.807) is 29.0 Å². The second-order valence-corrected chi connectivity index (χ2v) is 4.76. The molecule has 0 saturated heterocycles. The third-order valence-corrected chi connectivity index (χ3v) is 3.37. The number of nitrogens with zero attached hydrogens (tertiary/aromatic N) is 1. The number of hydrogen-bond acceptors (Lipinski definition) is 1. The van der Waals surface area contributed by atoms with E-state index >= 15 is 0 Å². The van der Waals surface area contributed by atoms with Crippen molar-refractivity contribution in [2.45, 2.75) is 6.54 Å². The molecule has 1 heterocycles. The van der Waals surface area contributed by atoms with Crippen molar-refractivity contribution in [2.75, 3.05) is 0 Å². The van der Waals surface area contributed by atoms with Gasteiger partial charge in [0, 0.05) is 22.7 Å². The van der Waals surface area contributed by atoms with Crippen LogP contribution in [-0.2, 0) is 6.54 Å². The molecule has 0 aliphatic heterocycles. The molecule has 0 aliphatic rings. The Bertz CT molecular complexity index is 839. The van der Waals surface area contributed by atoms with Crippen molar-refractivity contribution < 1.29 is 18.7 Å². The molecule has 0 unspecified atom stereocenters. The summed E-state index contributed by atoms with van der Waals surface area (Å²) < 4.78 is 28.6. The lowest BCUT2D eigenvalue weighted by Gasteiger charge is -2.07. The number of fused-ring (bicyclic) bond motifs is 1. The lowest BCUT2D eigenvalue weighted by Crippen LogP contribution is -2.01. The zero-order valence-electron chi connectivity index (χ0n) is 10.9. The first-order valence-electron chi connectivity index (χ1n) is 6.31. The van der Waals surface area contributed by atoms with Gasteiger partial charge < -0.3 is 9.67 Å². The quantitative estimate of drug-likeness (QED) is 0.798. The zero-order chi connectivity index (χ0) is 15.0. The van der Waals surface area contributed by atoms with Crippen LogP contribution in [-0.4, -0.2) is 15.6 Å². The number of aromatic carboxylic acids is 1. The number of rotatable bonds is 3. The van der Waals surface area contributed by atoms with E-state index in [4.69, 9.17) is 5.11 Å². The molecule has 0 amide bonds. The molecule has 106 valence electrons. The van der Waals surface area contributed by atoms with Crippen molar-refractivity contribution in [1.82, 2.24) is 4.57 Å². The molecule has 2 aromatic carbocycles. The van der Waals surface area contributed by atoms with E-state index in [-0.39, 0.29) is 17.7 Å². The van der Waals surface area contributed by atoms with Crippen LogP contribution < -0.4 is 0 Å². The molecular weight excluding hydrogens is 276 g/mol. The van der Waals surface area contributed by atoms with Gasteiger partial charge in [-0.15, -0.1) is 0 Å². The van der Waals surface area contributed by atoms with E-state index in [2.05, 4.69) is 0 Å². The predicted molar refractivity (Wildman–Crippen MR) is 74.4 cm³/mol. The highest BCUT2D eigenvalue weighted by molar-refractivity contribution is 5.93. The molecule has 0 radical (unpaired) electrons. The van der Waals surface area contributed by atoms with Gasteiger partial charge in [-0.1, -0.05) is 0 Å². The van der Waals surface area contributed by atoms with E-state index in [1.807, 2.05) is 0 Å². The lowest BCUT2D eigenvalue weighted by atomic mass is 10.1. The molecule has 0 bridgehead atoms. The first-order valence-corrected chi connectivity index (χ1v) is 6.31. The molecule has 1 aromatic heterocycles. The van der Waals surface area contributed by atoms with Crippen LogP contribution in [0.1, 0.15) is 15.9 Å². The van der Waals surface area contributed by atoms with Gasteiger partial charge >= 0.3 is 5.97 Å². The molecule has 3 aromatic rings. The summed E-state index contributed by atoms with van der Waals surface area (Å²) in [7, 11) is 0. The third kappa shape index (κ3) is 2.50. The van der Waals surface area contributed by atoms with Crippen molar-refractivity contribution in [1.29, 1.82) is 0 Å². The molecule has 21 heavy (non-hydrogen) atoms. The maximum atomic E-state index is 13.7. The topological polar surface area (TPSA) is 42.2 Å². The standard InChI is InChI=1S/C16H11F2NO2/c17-13-2-3-14(18)12(8-13)9-19-6-5-10-7-11(16(20)21)1-4-15(10)19/h1-8H,9H2,(H,20,21). The van der Waals surface area contributed by atoms with Gasteiger partial charge in [-0.2, -0.15) is 0 Å². The van der Waals surface area contributed by atoms with E-state index in [1.165, 1.54) is 6.07 Å². The molecule has 0 fully saturated rings. The molecule has 1 N–H and O–H groups in total. The summed E-state index contributed by atoms with van der Waals surface area (Å²) in [6, 6.07) is 9.78. The molecule has 0 saturated carbocycles. The summed E-state index contributed by atoms with van der Waals surface area (Å²) in [6.45, 7) is 0.180. The van der Waals surface area contributed by atoms with Crippen molar-refractivity contribution in [2.24, 2.45) is 0 Å². The summed E-state index contributed by atoms with van der Waals surface area (Å²) in [4.78, 5) is 10.9. The summed E-state index contributed by atoms with van der Waals surface area (Å²) >= 11 is 0. The Balaban J connectivity index is 2.01. The minimum atomic E-state index is -0.999. The maximum absolute atomic E-state index is 13.7. The summed E-state index contributed by atoms with van der Waals surface area (Å²) in [5, 5.41) is 9.70. The summed E-state index contributed by atoms with van der Waals surface area (Å²) in [6.07, 6.45) is 1.72. The molecule has 3 rings (SSSR count). The Labute approximate surface area is 119 Å². The molecule has 3 nitrogen and oxygen atoms in total. The molecule has 0 aliphatic carbocycles. The number of halogens is 2. The number of carboxylic acid groups (broad SMARTS) is 1. The maximum Gasteiger partial charge on any atom is 0.335 e. The fourth-order valence-corrected chi connectivity index (χ4v) is 2.32. The molecular formula is C16H11F2NO2. The second-order valence-electron chi connectivity index (χ2n) is 4.76. The average Bonchev–Trinajstić information content (AvgIpc) is 2.85. The predicted octanol–water partition coefficient (Wildman–Crippen LogP) is 3.67. The summed E-state index contributed by atoms with van der Waals surface area (Å²) in [5.41, 5.74) is 1.20. The van der Waals surface area contributed by atoms with Gasteiger partial charge in [0.15, 0.2) is 0 Å². The average molecular weight is 287 g/mol. The monoisotopic (exact) mass is 287 g/mol. The SMILES string of the molecule is O=C(O)c1ccc2c(ccn2Cc2cc(F)ccc2F)c1. The van der Waals surface area contributed by atoms with Crippen LogP contribution in [0.15, 0.2) is 48.7 Å². The van der Waals surface area contributed by atoms with Gasteiger partial charge in [0.2, 0.25) is 0 Å². The smallest absolute Gasteiger partial charge is 0.335 e. The van der Waals surface area contributed by atoms with Crippen molar-refractivity contribution in [3.05, 3.63) is 71.4 Å². The third-order valence-electron chi connectivity index (χ3n) is 3.37. The molecule has 5 heteroatoms. The van der Waals surface area contributed by atoms with Gasteiger partial charge in [0.1, 0.15) is 11.6 Å². The molecule has 0 atom stereocenters. The molecule has 0 spiro atoms. The largest absolute Gasteiger partial charge is 0.478 e. The van der Waals surface area contributed by atoms with Crippen LogP contribution in [0.25, 0.3) is 10.9 Å². The number of hydrogen-bond donors (Lipinski definition) is 1.